The summed E-state index contributed by atoms with van der Waals surface area (Å²) >= 11 is 2.22. The second kappa shape index (κ2) is 7.79. The van der Waals surface area contributed by atoms with Crippen molar-refractivity contribution in [2.45, 2.75) is 12.8 Å². The normalized spacial score (nSPS) is 17.1. The molecule has 1 heterocycles. The summed E-state index contributed by atoms with van der Waals surface area (Å²) in [6, 6.07) is 17.7. The molecule has 0 bridgehead atoms. The lowest BCUT2D eigenvalue weighted by molar-refractivity contribution is -0.128. The van der Waals surface area contributed by atoms with Crippen molar-refractivity contribution in [3.63, 3.8) is 0 Å². The number of anilines is 1. The lowest BCUT2D eigenvalue weighted by atomic mass is 10.1. The Morgan fingerprint density at radius 2 is 1.83 bits per heavy atom. The fourth-order valence-electron chi connectivity index (χ4n) is 2.85. The number of carbonyl (C=O) groups excluding carboxylic acids is 2. The molecule has 1 atom stereocenters. The molecule has 2 aromatic carbocycles. The average molecular weight is 434 g/mol. The van der Waals surface area contributed by atoms with E-state index in [2.05, 4.69) is 40.0 Å². The Hall–Kier alpha value is -1.89. The number of nitrogens with one attached hydrogen (secondary N) is 1. The third-order valence-electron chi connectivity index (χ3n) is 4.21. The van der Waals surface area contributed by atoms with Gasteiger partial charge in [0, 0.05) is 28.8 Å². The van der Waals surface area contributed by atoms with Gasteiger partial charge in [-0.1, -0.05) is 30.3 Å². The van der Waals surface area contributed by atoms with Crippen LogP contribution in [0.25, 0.3) is 0 Å². The van der Waals surface area contributed by atoms with Crippen molar-refractivity contribution in [1.29, 1.82) is 0 Å². The van der Waals surface area contributed by atoms with Crippen molar-refractivity contribution in [2.75, 3.05) is 18.4 Å². The standard InChI is InChI=1S/C19H19IN2O2/c20-16-6-8-17(9-7-16)21-19(24)15-12-18(23)22(13-15)11-10-14-4-2-1-3-5-14/h1-9,15H,10-13H2,(H,21,24). The molecule has 124 valence electrons. The summed E-state index contributed by atoms with van der Waals surface area (Å²) in [5.41, 5.74) is 1.98. The highest BCUT2D eigenvalue weighted by Gasteiger charge is 2.33. The summed E-state index contributed by atoms with van der Waals surface area (Å²) in [5, 5.41) is 2.90. The van der Waals surface area contributed by atoms with E-state index in [4.69, 9.17) is 0 Å². The average Bonchev–Trinajstić information content (AvgIpc) is 2.97. The maximum Gasteiger partial charge on any atom is 0.229 e. The number of hydrogen-bond acceptors (Lipinski definition) is 2. The molecule has 1 aliphatic rings. The predicted octanol–water partition coefficient (Wildman–Crippen LogP) is 3.32. The minimum absolute atomic E-state index is 0.0636. The maximum absolute atomic E-state index is 12.4. The van der Waals surface area contributed by atoms with Gasteiger partial charge in [-0.3, -0.25) is 9.59 Å². The molecule has 0 spiro atoms. The van der Waals surface area contributed by atoms with Crippen molar-refractivity contribution in [2.24, 2.45) is 5.92 Å². The Labute approximate surface area is 155 Å². The number of nitrogens with zero attached hydrogens (tertiary/aromatic N) is 1. The number of hydrogen-bond donors (Lipinski definition) is 1. The molecule has 0 aliphatic carbocycles. The van der Waals surface area contributed by atoms with Gasteiger partial charge in [0.05, 0.1) is 5.92 Å². The van der Waals surface area contributed by atoms with Gasteiger partial charge in [0.2, 0.25) is 11.8 Å². The van der Waals surface area contributed by atoms with E-state index in [1.54, 1.807) is 4.90 Å². The van der Waals surface area contributed by atoms with Crippen LogP contribution in [-0.2, 0) is 16.0 Å². The SMILES string of the molecule is O=C(Nc1ccc(I)cc1)C1CC(=O)N(CCc2ccccc2)C1. The van der Waals surface area contributed by atoms with Crippen LogP contribution in [0.15, 0.2) is 54.6 Å². The maximum atomic E-state index is 12.4. The quantitative estimate of drug-likeness (QED) is 0.735. The first kappa shape index (κ1) is 17.0. The lowest BCUT2D eigenvalue weighted by Gasteiger charge is -2.16. The number of benzene rings is 2. The van der Waals surface area contributed by atoms with Gasteiger partial charge in [0.1, 0.15) is 0 Å². The fraction of sp³-hybridized carbons (Fsp3) is 0.263. The summed E-state index contributed by atoms with van der Waals surface area (Å²) in [6.07, 6.45) is 1.11. The van der Waals surface area contributed by atoms with Gasteiger partial charge in [-0.25, -0.2) is 0 Å². The highest BCUT2D eigenvalue weighted by molar-refractivity contribution is 14.1. The molecule has 2 aromatic rings. The minimum Gasteiger partial charge on any atom is -0.342 e. The topological polar surface area (TPSA) is 49.4 Å². The molecule has 0 aromatic heterocycles. The van der Waals surface area contributed by atoms with Crippen molar-refractivity contribution in [3.8, 4) is 0 Å². The van der Waals surface area contributed by atoms with Crippen LogP contribution < -0.4 is 5.32 Å². The first-order valence-corrected chi connectivity index (χ1v) is 9.08. The highest BCUT2D eigenvalue weighted by Crippen LogP contribution is 2.21. The molecule has 1 unspecified atom stereocenters. The molecular formula is C19H19IN2O2. The zero-order valence-electron chi connectivity index (χ0n) is 13.2. The summed E-state index contributed by atoms with van der Waals surface area (Å²) in [7, 11) is 0. The first-order chi connectivity index (χ1) is 11.6. The van der Waals surface area contributed by atoms with Gasteiger partial charge in [-0.2, -0.15) is 0 Å². The zero-order valence-corrected chi connectivity index (χ0v) is 15.4. The number of carbonyl (C=O) groups is 2. The third-order valence-corrected chi connectivity index (χ3v) is 4.93. The monoisotopic (exact) mass is 434 g/mol. The van der Waals surface area contributed by atoms with E-state index in [0.29, 0.717) is 19.5 Å². The van der Waals surface area contributed by atoms with Gasteiger partial charge >= 0.3 is 0 Å². The molecular weight excluding hydrogens is 415 g/mol. The zero-order chi connectivity index (χ0) is 16.9. The Morgan fingerprint density at radius 3 is 2.54 bits per heavy atom. The van der Waals surface area contributed by atoms with E-state index >= 15 is 0 Å². The number of amides is 2. The van der Waals surface area contributed by atoms with Crippen LogP contribution in [0.1, 0.15) is 12.0 Å². The summed E-state index contributed by atoms with van der Waals surface area (Å²) in [6.45, 7) is 1.16. The van der Waals surface area contributed by atoms with E-state index in [9.17, 15) is 9.59 Å². The van der Waals surface area contributed by atoms with Crippen LogP contribution in [0.4, 0.5) is 5.69 Å². The predicted molar refractivity (Wildman–Crippen MR) is 103 cm³/mol. The summed E-state index contributed by atoms with van der Waals surface area (Å²) in [4.78, 5) is 26.3. The van der Waals surface area contributed by atoms with E-state index in [1.807, 2.05) is 42.5 Å². The molecule has 5 heteroatoms. The van der Waals surface area contributed by atoms with E-state index in [1.165, 1.54) is 5.56 Å². The van der Waals surface area contributed by atoms with Crippen LogP contribution in [0.2, 0.25) is 0 Å². The second-order valence-corrected chi connectivity index (χ2v) is 7.22. The number of rotatable bonds is 5. The number of likely N-dealkylation sites (tertiary alicyclic amines) is 1. The second-order valence-electron chi connectivity index (χ2n) is 5.97. The molecule has 2 amide bonds. The van der Waals surface area contributed by atoms with E-state index in [0.717, 1.165) is 15.7 Å². The number of halogens is 1. The molecule has 0 saturated carbocycles. The Kier molecular flexibility index (Phi) is 5.50. The van der Waals surface area contributed by atoms with Crippen molar-refractivity contribution in [3.05, 3.63) is 63.7 Å². The van der Waals surface area contributed by atoms with Gasteiger partial charge in [0.25, 0.3) is 0 Å². The molecule has 24 heavy (non-hydrogen) atoms. The minimum atomic E-state index is -0.271. The first-order valence-electron chi connectivity index (χ1n) is 8.00. The van der Waals surface area contributed by atoms with Crippen LogP contribution in [-0.4, -0.2) is 29.8 Å². The van der Waals surface area contributed by atoms with Crippen LogP contribution in [0, 0.1) is 9.49 Å². The van der Waals surface area contributed by atoms with Gasteiger partial charge in [-0.15, -0.1) is 0 Å². The Morgan fingerprint density at radius 1 is 1.12 bits per heavy atom. The van der Waals surface area contributed by atoms with Gasteiger partial charge in [0.15, 0.2) is 0 Å². The van der Waals surface area contributed by atoms with Crippen molar-refractivity contribution < 1.29 is 9.59 Å². The smallest absolute Gasteiger partial charge is 0.229 e. The molecule has 3 rings (SSSR count). The van der Waals surface area contributed by atoms with E-state index in [-0.39, 0.29) is 17.7 Å². The molecule has 1 saturated heterocycles. The van der Waals surface area contributed by atoms with Gasteiger partial charge in [-0.05, 0) is 58.8 Å². The van der Waals surface area contributed by atoms with Crippen LogP contribution in [0.3, 0.4) is 0 Å². The Balaban J connectivity index is 1.53. The van der Waals surface area contributed by atoms with Crippen LogP contribution in [0.5, 0.6) is 0 Å². The fourth-order valence-corrected chi connectivity index (χ4v) is 3.21. The van der Waals surface area contributed by atoms with Crippen molar-refractivity contribution in [1.82, 2.24) is 4.90 Å². The summed E-state index contributed by atoms with van der Waals surface area (Å²) < 4.78 is 1.12. The summed E-state index contributed by atoms with van der Waals surface area (Å²) in [5.74, 6) is -0.284. The van der Waals surface area contributed by atoms with Crippen molar-refractivity contribution >= 4 is 40.1 Å². The third kappa shape index (κ3) is 4.35. The van der Waals surface area contributed by atoms with E-state index < -0.39 is 0 Å². The molecule has 4 nitrogen and oxygen atoms in total. The largest absolute Gasteiger partial charge is 0.342 e. The lowest BCUT2D eigenvalue weighted by Crippen LogP contribution is -2.30. The highest BCUT2D eigenvalue weighted by atomic mass is 127. The Bertz CT molecular complexity index is 716. The van der Waals surface area contributed by atoms with Gasteiger partial charge < -0.3 is 10.2 Å². The van der Waals surface area contributed by atoms with Crippen LogP contribution >= 0.6 is 22.6 Å². The molecule has 1 N–H and O–H groups in total. The molecule has 1 aliphatic heterocycles. The molecule has 1 fully saturated rings. The molecule has 0 radical (unpaired) electrons.